The molecular weight excluding hydrogens is 340 g/mol. The number of hydrogen-bond acceptors (Lipinski definition) is 4. The molecule has 5 heteroatoms. The number of nitrogens with zero attached hydrogens (tertiary/aromatic N) is 1. The molecule has 1 fully saturated rings. The van der Waals surface area contributed by atoms with Gasteiger partial charge in [-0.05, 0) is 36.8 Å². The molecule has 0 bridgehead atoms. The number of aromatic nitrogens is 1. The first-order chi connectivity index (χ1) is 13.0. The molecule has 2 aromatic rings. The van der Waals surface area contributed by atoms with E-state index in [1.165, 1.54) is 6.42 Å². The minimum Gasteiger partial charge on any atom is -0.452 e. The summed E-state index contributed by atoms with van der Waals surface area (Å²) >= 11 is 0. The smallest absolute Gasteiger partial charge is 0.339 e. The number of pyridine rings is 1. The summed E-state index contributed by atoms with van der Waals surface area (Å²) in [6.45, 7) is 5.97. The number of para-hydroxylation sites is 1. The normalized spacial score (nSPS) is 19.9. The summed E-state index contributed by atoms with van der Waals surface area (Å²) in [5.74, 6) is -0.0553. The molecule has 2 atom stereocenters. The molecule has 1 aromatic carbocycles. The van der Waals surface area contributed by atoms with Gasteiger partial charge in [0.05, 0.1) is 11.1 Å². The van der Waals surface area contributed by atoms with Gasteiger partial charge >= 0.3 is 5.97 Å². The molecule has 0 saturated heterocycles. The molecule has 144 valence electrons. The van der Waals surface area contributed by atoms with Crippen LogP contribution in [-0.4, -0.2) is 29.5 Å². The minimum absolute atomic E-state index is 0.180. The summed E-state index contributed by atoms with van der Waals surface area (Å²) in [5, 5.41) is 3.76. The Morgan fingerprint density at radius 2 is 1.96 bits per heavy atom. The quantitative estimate of drug-likeness (QED) is 0.803. The number of esters is 1. The van der Waals surface area contributed by atoms with Gasteiger partial charge in [-0.25, -0.2) is 4.79 Å². The highest BCUT2D eigenvalue weighted by Crippen LogP contribution is 2.24. The molecule has 0 radical (unpaired) electrons. The van der Waals surface area contributed by atoms with E-state index >= 15 is 0 Å². The Morgan fingerprint density at radius 1 is 1.22 bits per heavy atom. The third-order valence-corrected chi connectivity index (χ3v) is 5.34. The number of ether oxygens (including phenoxy) is 1. The van der Waals surface area contributed by atoms with Crippen LogP contribution in [0.15, 0.2) is 30.3 Å². The number of benzene rings is 1. The second-order valence-corrected chi connectivity index (χ2v) is 7.78. The van der Waals surface area contributed by atoms with Crippen molar-refractivity contribution in [2.75, 3.05) is 6.61 Å². The second kappa shape index (κ2) is 8.51. The third kappa shape index (κ3) is 4.65. The second-order valence-electron chi connectivity index (χ2n) is 7.78. The van der Waals surface area contributed by atoms with Crippen molar-refractivity contribution >= 4 is 22.8 Å². The van der Waals surface area contributed by atoms with Gasteiger partial charge in [0, 0.05) is 17.1 Å². The molecule has 1 N–H and O–H groups in total. The van der Waals surface area contributed by atoms with Gasteiger partial charge in [0.15, 0.2) is 6.61 Å². The molecule has 1 heterocycles. The average molecular weight is 368 g/mol. The first-order valence-corrected chi connectivity index (χ1v) is 9.82. The number of hydrogen-bond donors (Lipinski definition) is 1. The molecule has 0 spiro atoms. The van der Waals surface area contributed by atoms with E-state index in [-0.39, 0.29) is 24.5 Å². The summed E-state index contributed by atoms with van der Waals surface area (Å²) in [5.41, 5.74) is 2.06. The molecule has 3 rings (SSSR count). The highest BCUT2D eigenvalue weighted by molar-refractivity contribution is 6.04. The van der Waals surface area contributed by atoms with Crippen LogP contribution < -0.4 is 5.32 Å². The van der Waals surface area contributed by atoms with Gasteiger partial charge < -0.3 is 10.1 Å². The lowest BCUT2D eigenvalue weighted by Crippen LogP contribution is -2.42. The Labute approximate surface area is 160 Å². The zero-order chi connectivity index (χ0) is 19.4. The van der Waals surface area contributed by atoms with Crippen molar-refractivity contribution in [3.05, 3.63) is 41.6 Å². The molecule has 2 unspecified atom stereocenters. The monoisotopic (exact) mass is 368 g/mol. The number of carbonyl (C=O) groups excluding carboxylic acids is 2. The van der Waals surface area contributed by atoms with Crippen molar-refractivity contribution < 1.29 is 14.3 Å². The molecule has 1 saturated carbocycles. The number of carbonyl (C=O) groups is 2. The maximum Gasteiger partial charge on any atom is 0.339 e. The molecule has 1 aliphatic rings. The van der Waals surface area contributed by atoms with Crippen LogP contribution in [0.5, 0.6) is 0 Å². The Hall–Kier alpha value is -2.43. The average Bonchev–Trinajstić information content (AvgIpc) is 2.67. The van der Waals surface area contributed by atoms with E-state index < -0.39 is 5.97 Å². The zero-order valence-electron chi connectivity index (χ0n) is 16.3. The Balaban J connectivity index is 1.69. The largest absolute Gasteiger partial charge is 0.452 e. The fourth-order valence-electron chi connectivity index (χ4n) is 3.65. The maximum absolute atomic E-state index is 12.7. The lowest BCUT2D eigenvalue weighted by atomic mass is 9.86. The van der Waals surface area contributed by atoms with Gasteiger partial charge in [-0.3, -0.25) is 9.78 Å². The van der Waals surface area contributed by atoms with Gasteiger partial charge in [0.1, 0.15) is 0 Å². The molecule has 1 aromatic heterocycles. The molecule has 0 aliphatic heterocycles. The number of amides is 1. The van der Waals surface area contributed by atoms with Crippen molar-refractivity contribution in [3.8, 4) is 0 Å². The van der Waals surface area contributed by atoms with Crippen molar-refractivity contribution in [3.63, 3.8) is 0 Å². The van der Waals surface area contributed by atoms with E-state index in [0.29, 0.717) is 11.5 Å². The van der Waals surface area contributed by atoms with E-state index in [2.05, 4.69) is 17.2 Å². The predicted octanol–water partition coefficient (Wildman–Crippen LogP) is 4.21. The summed E-state index contributed by atoms with van der Waals surface area (Å²) in [6.07, 6.45) is 4.48. The fraction of sp³-hybridized carbons (Fsp3) is 0.500. The van der Waals surface area contributed by atoms with Crippen molar-refractivity contribution in [2.45, 2.75) is 58.4 Å². The number of rotatable bonds is 5. The highest BCUT2D eigenvalue weighted by Gasteiger charge is 2.23. The van der Waals surface area contributed by atoms with Gasteiger partial charge in [-0.1, -0.05) is 51.8 Å². The Bertz CT molecular complexity index is 831. The highest BCUT2D eigenvalue weighted by atomic mass is 16.5. The van der Waals surface area contributed by atoms with Crippen LogP contribution in [-0.2, 0) is 9.53 Å². The van der Waals surface area contributed by atoms with E-state index in [1.54, 1.807) is 6.07 Å². The van der Waals surface area contributed by atoms with Gasteiger partial charge in [0.2, 0.25) is 0 Å². The van der Waals surface area contributed by atoms with Crippen LogP contribution in [0, 0.1) is 5.92 Å². The van der Waals surface area contributed by atoms with Crippen LogP contribution in [0.1, 0.15) is 68.4 Å². The lowest BCUT2D eigenvalue weighted by Gasteiger charge is -2.29. The van der Waals surface area contributed by atoms with Gasteiger partial charge in [0.25, 0.3) is 5.91 Å². The Morgan fingerprint density at radius 3 is 2.70 bits per heavy atom. The number of nitrogens with one attached hydrogen (secondary N) is 1. The Kier molecular flexibility index (Phi) is 6.09. The summed E-state index contributed by atoms with van der Waals surface area (Å²) in [4.78, 5) is 29.5. The van der Waals surface area contributed by atoms with Crippen LogP contribution in [0.4, 0.5) is 0 Å². The lowest BCUT2D eigenvalue weighted by molar-refractivity contribution is -0.125. The molecule has 1 amide bonds. The molecule has 27 heavy (non-hydrogen) atoms. The summed E-state index contributed by atoms with van der Waals surface area (Å²) in [7, 11) is 0. The van der Waals surface area contributed by atoms with E-state index in [0.717, 1.165) is 35.9 Å². The first-order valence-electron chi connectivity index (χ1n) is 9.82. The minimum atomic E-state index is -0.484. The van der Waals surface area contributed by atoms with Gasteiger partial charge in [-0.2, -0.15) is 0 Å². The summed E-state index contributed by atoms with van der Waals surface area (Å²) in [6, 6.07) is 9.46. The van der Waals surface area contributed by atoms with Crippen LogP contribution in [0.25, 0.3) is 10.9 Å². The van der Waals surface area contributed by atoms with Gasteiger partial charge in [-0.15, -0.1) is 0 Å². The van der Waals surface area contributed by atoms with Crippen LogP contribution in [0.3, 0.4) is 0 Å². The van der Waals surface area contributed by atoms with Crippen LogP contribution in [0.2, 0.25) is 0 Å². The SMILES string of the molecule is CC(C)c1cc(C(=O)OCC(=O)NC2CCCCC2C)c2ccccc2n1. The standard InChI is InChI=1S/C22H28N2O3/c1-14(2)20-12-17(16-9-5-7-11-19(16)23-20)22(26)27-13-21(25)24-18-10-6-4-8-15(18)3/h5,7,9,11-12,14-15,18H,4,6,8,10,13H2,1-3H3,(H,24,25). The number of fused-ring (bicyclic) bond motifs is 1. The molecule has 1 aliphatic carbocycles. The summed E-state index contributed by atoms with van der Waals surface area (Å²) < 4.78 is 5.33. The van der Waals surface area contributed by atoms with Crippen molar-refractivity contribution in [1.29, 1.82) is 0 Å². The molecule has 5 nitrogen and oxygen atoms in total. The first kappa shape index (κ1) is 19.3. The van der Waals surface area contributed by atoms with Crippen molar-refractivity contribution in [1.82, 2.24) is 10.3 Å². The molecular formula is C22H28N2O3. The zero-order valence-corrected chi connectivity index (χ0v) is 16.3. The predicted molar refractivity (Wildman–Crippen MR) is 106 cm³/mol. The van der Waals surface area contributed by atoms with E-state index in [9.17, 15) is 9.59 Å². The van der Waals surface area contributed by atoms with Crippen LogP contribution >= 0.6 is 0 Å². The topological polar surface area (TPSA) is 68.3 Å². The van der Waals surface area contributed by atoms with Crippen molar-refractivity contribution in [2.24, 2.45) is 5.92 Å². The van der Waals surface area contributed by atoms with E-state index in [4.69, 9.17) is 4.74 Å². The fourth-order valence-corrected chi connectivity index (χ4v) is 3.65. The third-order valence-electron chi connectivity index (χ3n) is 5.34. The maximum atomic E-state index is 12.7. The van der Waals surface area contributed by atoms with E-state index in [1.807, 2.05) is 38.1 Å².